The lowest BCUT2D eigenvalue weighted by Gasteiger charge is -2.02. The van der Waals surface area contributed by atoms with E-state index < -0.39 is 0 Å². The molecule has 1 amide bonds. The third kappa shape index (κ3) is 4.11. The van der Waals surface area contributed by atoms with Gasteiger partial charge in [-0.1, -0.05) is 0 Å². The van der Waals surface area contributed by atoms with Crippen LogP contribution in [0.4, 0.5) is 0 Å². The van der Waals surface area contributed by atoms with Gasteiger partial charge in [-0.3, -0.25) is 4.79 Å². The molecule has 0 fully saturated rings. The molecule has 19 heavy (non-hydrogen) atoms. The second-order valence-electron chi connectivity index (χ2n) is 3.94. The number of rotatable bonds is 7. The lowest BCUT2D eigenvalue weighted by molar-refractivity contribution is -0.122. The first kappa shape index (κ1) is 13.6. The minimum atomic E-state index is -0.160. The molecule has 2 aromatic rings. The number of hydrogen-bond donors (Lipinski definition) is 2. The summed E-state index contributed by atoms with van der Waals surface area (Å²) in [5.41, 5.74) is 0.902. The number of nitrogens with one attached hydrogen (secondary N) is 1. The molecule has 0 radical (unpaired) electrons. The number of hydrogen-bond acceptors (Lipinski definition) is 6. The zero-order valence-corrected chi connectivity index (χ0v) is 11.1. The molecule has 0 saturated heterocycles. The lowest BCUT2D eigenvalue weighted by Crippen LogP contribution is -2.29. The summed E-state index contributed by atoms with van der Waals surface area (Å²) in [7, 11) is 0. The molecule has 2 N–H and O–H groups in total. The van der Waals surface area contributed by atoms with Gasteiger partial charge in [0.05, 0.1) is 0 Å². The van der Waals surface area contributed by atoms with Gasteiger partial charge in [0.15, 0.2) is 0 Å². The van der Waals surface area contributed by atoms with Crippen LogP contribution >= 0.6 is 11.3 Å². The van der Waals surface area contributed by atoms with Crippen molar-refractivity contribution in [2.45, 2.75) is 19.4 Å². The van der Waals surface area contributed by atoms with Crippen LogP contribution < -0.4 is 5.32 Å². The van der Waals surface area contributed by atoms with Crippen molar-refractivity contribution in [2.24, 2.45) is 0 Å². The topological polar surface area (TPSA) is 92.9 Å². The van der Waals surface area contributed by atoms with E-state index >= 15 is 0 Å². The summed E-state index contributed by atoms with van der Waals surface area (Å²) in [6.45, 7) is 0.742. The Kier molecular flexibility index (Phi) is 4.99. The Balaban J connectivity index is 1.81. The van der Waals surface area contributed by atoms with Gasteiger partial charge in [0.2, 0.25) is 11.7 Å². The monoisotopic (exact) mass is 281 g/mol. The number of aliphatic hydroxyl groups is 1. The summed E-state index contributed by atoms with van der Waals surface area (Å²) in [6, 6.07) is 1.90. The van der Waals surface area contributed by atoms with Gasteiger partial charge in [-0.05, 0) is 29.5 Å². The molecular formula is C11H15N5O2S. The van der Waals surface area contributed by atoms with Gasteiger partial charge in [-0.15, -0.1) is 10.2 Å². The Labute approximate surface area is 114 Å². The smallest absolute Gasteiger partial charge is 0.243 e. The molecule has 8 heteroatoms. The summed E-state index contributed by atoms with van der Waals surface area (Å²) in [6.07, 6.45) is 1.44. The number of unbranched alkanes of at least 4 members (excludes halogenated alkanes) is 1. The second-order valence-corrected chi connectivity index (χ2v) is 4.72. The molecule has 2 rings (SSSR count). The lowest BCUT2D eigenvalue weighted by atomic mass is 10.3. The fourth-order valence-corrected chi connectivity index (χ4v) is 2.10. The maximum Gasteiger partial charge on any atom is 0.243 e. The van der Waals surface area contributed by atoms with Crippen molar-refractivity contribution in [3.05, 3.63) is 16.8 Å². The fourth-order valence-electron chi connectivity index (χ4n) is 1.47. The predicted octanol–water partition coefficient (Wildman–Crippen LogP) is 0.290. The molecule has 102 valence electrons. The number of aliphatic hydroxyl groups excluding tert-OH is 1. The van der Waals surface area contributed by atoms with Crippen molar-refractivity contribution in [1.29, 1.82) is 0 Å². The van der Waals surface area contributed by atoms with Crippen LogP contribution in [0.2, 0.25) is 0 Å². The number of nitrogens with zero attached hydrogens (tertiary/aromatic N) is 4. The summed E-state index contributed by atoms with van der Waals surface area (Å²) in [4.78, 5) is 12.8. The van der Waals surface area contributed by atoms with Crippen LogP contribution in [0.5, 0.6) is 0 Å². The molecule has 0 spiro atoms. The van der Waals surface area contributed by atoms with Gasteiger partial charge in [-0.25, -0.2) is 0 Å². The molecule has 2 heterocycles. The highest BCUT2D eigenvalue weighted by atomic mass is 32.1. The first-order valence-corrected chi connectivity index (χ1v) is 6.92. The van der Waals surface area contributed by atoms with Crippen molar-refractivity contribution >= 4 is 17.2 Å². The summed E-state index contributed by atoms with van der Waals surface area (Å²) < 4.78 is 0. The molecular weight excluding hydrogens is 266 g/mol. The minimum absolute atomic E-state index is 0.0518. The molecule has 0 aliphatic heterocycles. The van der Waals surface area contributed by atoms with Crippen molar-refractivity contribution < 1.29 is 9.90 Å². The predicted molar refractivity (Wildman–Crippen MR) is 70.5 cm³/mol. The number of thiophene rings is 1. The molecule has 0 unspecified atom stereocenters. The summed E-state index contributed by atoms with van der Waals surface area (Å²) in [5.74, 6) is 0.363. The highest BCUT2D eigenvalue weighted by Crippen LogP contribution is 2.16. The molecule has 0 aliphatic carbocycles. The molecule has 2 aromatic heterocycles. The molecule has 0 aromatic carbocycles. The average Bonchev–Trinajstić information content (AvgIpc) is 3.04. The quantitative estimate of drug-likeness (QED) is 0.712. The summed E-state index contributed by atoms with van der Waals surface area (Å²) in [5, 5.41) is 27.1. The van der Waals surface area contributed by atoms with Gasteiger partial charge in [-0.2, -0.15) is 16.1 Å². The third-order valence-electron chi connectivity index (χ3n) is 2.42. The maximum atomic E-state index is 11.6. The van der Waals surface area contributed by atoms with Gasteiger partial charge >= 0.3 is 0 Å². The number of carbonyl (C=O) groups is 1. The van der Waals surface area contributed by atoms with E-state index in [1.54, 1.807) is 11.3 Å². The fraction of sp³-hybridized carbons (Fsp3) is 0.455. The van der Waals surface area contributed by atoms with E-state index in [0.29, 0.717) is 18.8 Å². The summed E-state index contributed by atoms with van der Waals surface area (Å²) >= 11 is 1.56. The molecule has 0 saturated carbocycles. The SMILES string of the molecule is O=C(Cn1nnc(-c2ccsc2)n1)NCCCCO. The Morgan fingerprint density at radius 1 is 1.47 bits per heavy atom. The number of aromatic nitrogens is 4. The molecule has 0 aliphatic rings. The zero-order chi connectivity index (χ0) is 13.5. The van der Waals surface area contributed by atoms with E-state index in [9.17, 15) is 4.79 Å². The van der Waals surface area contributed by atoms with Crippen molar-refractivity contribution in [3.8, 4) is 11.4 Å². The normalized spacial score (nSPS) is 10.6. The van der Waals surface area contributed by atoms with Crippen LogP contribution in [0, 0.1) is 0 Å². The van der Waals surface area contributed by atoms with Crippen LogP contribution in [0.1, 0.15) is 12.8 Å². The van der Waals surface area contributed by atoms with Crippen LogP contribution in [-0.2, 0) is 11.3 Å². The van der Waals surface area contributed by atoms with Gasteiger partial charge in [0.1, 0.15) is 6.54 Å². The van der Waals surface area contributed by atoms with Gasteiger partial charge < -0.3 is 10.4 Å². The Bertz CT molecular complexity index is 511. The highest BCUT2D eigenvalue weighted by molar-refractivity contribution is 7.08. The van der Waals surface area contributed by atoms with Crippen LogP contribution in [0.15, 0.2) is 16.8 Å². The van der Waals surface area contributed by atoms with Crippen LogP contribution in [0.25, 0.3) is 11.4 Å². The molecule has 0 bridgehead atoms. The van der Waals surface area contributed by atoms with Crippen molar-refractivity contribution in [1.82, 2.24) is 25.5 Å². The van der Waals surface area contributed by atoms with Crippen LogP contribution in [-0.4, -0.2) is 44.4 Å². The van der Waals surface area contributed by atoms with Gasteiger partial charge in [0, 0.05) is 24.1 Å². The van der Waals surface area contributed by atoms with Crippen LogP contribution in [0.3, 0.4) is 0 Å². The Morgan fingerprint density at radius 3 is 3.11 bits per heavy atom. The van der Waals surface area contributed by atoms with E-state index in [4.69, 9.17) is 5.11 Å². The average molecular weight is 281 g/mol. The Hall–Kier alpha value is -1.80. The first-order chi connectivity index (χ1) is 9.29. The van der Waals surface area contributed by atoms with Crippen molar-refractivity contribution in [3.63, 3.8) is 0 Å². The molecule has 7 nitrogen and oxygen atoms in total. The van der Waals surface area contributed by atoms with Crippen molar-refractivity contribution in [2.75, 3.05) is 13.2 Å². The zero-order valence-electron chi connectivity index (χ0n) is 10.3. The number of carbonyl (C=O) groups excluding carboxylic acids is 1. The van der Waals surface area contributed by atoms with Gasteiger partial charge in [0.25, 0.3) is 0 Å². The van der Waals surface area contributed by atoms with E-state index in [1.807, 2.05) is 16.8 Å². The molecule has 0 atom stereocenters. The minimum Gasteiger partial charge on any atom is -0.396 e. The Morgan fingerprint density at radius 2 is 2.37 bits per heavy atom. The number of amides is 1. The van der Waals surface area contributed by atoms with E-state index in [2.05, 4.69) is 20.7 Å². The van der Waals surface area contributed by atoms with E-state index in [1.165, 1.54) is 4.80 Å². The second kappa shape index (κ2) is 6.95. The maximum absolute atomic E-state index is 11.6. The van der Waals surface area contributed by atoms with E-state index in [0.717, 1.165) is 12.0 Å². The third-order valence-corrected chi connectivity index (χ3v) is 3.11. The van der Waals surface area contributed by atoms with E-state index in [-0.39, 0.29) is 19.1 Å². The first-order valence-electron chi connectivity index (χ1n) is 5.97. The largest absolute Gasteiger partial charge is 0.396 e. The number of tetrazole rings is 1. The highest BCUT2D eigenvalue weighted by Gasteiger charge is 2.08. The standard InChI is InChI=1S/C11H15N5O2S/c17-5-2-1-4-12-10(18)7-16-14-11(13-15-16)9-3-6-19-8-9/h3,6,8,17H,1-2,4-5,7H2,(H,12,18).